The molecular weight excluding hydrogens is 294 g/mol. The highest BCUT2D eigenvalue weighted by molar-refractivity contribution is 5.34. The highest BCUT2D eigenvalue weighted by Crippen LogP contribution is 2.14. The number of benzene rings is 1. The molecule has 0 bridgehead atoms. The Morgan fingerprint density at radius 3 is 1.33 bits per heavy atom. The van der Waals surface area contributed by atoms with Crippen molar-refractivity contribution in [1.29, 1.82) is 0 Å². The molecule has 0 amide bonds. The van der Waals surface area contributed by atoms with E-state index in [0.29, 0.717) is 0 Å². The molecular formula is C21H36N3+3. The summed E-state index contributed by atoms with van der Waals surface area (Å²) in [5.74, 6) is 0. The Morgan fingerprint density at radius 1 is 0.542 bits per heavy atom. The molecule has 3 heteroatoms. The van der Waals surface area contributed by atoms with Crippen LogP contribution in [0.4, 0.5) is 0 Å². The molecule has 0 atom stereocenters. The molecule has 3 aliphatic rings. The summed E-state index contributed by atoms with van der Waals surface area (Å²) in [6, 6.07) is 7.23. The van der Waals surface area contributed by atoms with Gasteiger partial charge in [-0.2, -0.15) is 0 Å². The van der Waals surface area contributed by atoms with Gasteiger partial charge in [0, 0.05) is 55.2 Å². The zero-order valence-electron chi connectivity index (χ0n) is 15.3. The summed E-state index contributed by atoms with van der Waals surface area (Å²) in [4.78, 5) is 5.47. The minimum atomic E-state index is 1.27. The largest absolute Gasteiger partial charge is 0.331 e. The lowest BCUT2D eigenvalue weighted by Crippen LogP contribution is -3.10. The van der Waals surface area contributed by atoms with Gasteiger partial charge in [-0.15, -0.1) is 0 Å². The van der Waals surface area contributed by atoms with E-state index in [4.69, 9.17) is 0 Å². The van der Waals surface area contributed by atoms with Crippen LogP contribution in [-0.4, -0.2) is 39.3 Å². The third-order valence-electron chi connectivity index (χ3n) is 6.61. The fourth-order valence-electron chi connectivity index (χ4n) is 5.19. The monoisotopic (exact) mass is 330 g/mol. The van der Waals surface area contributed by atoms with Gasteiger partial charge in [0.05, 0.1) is 39.3 Å². The molecule has 0 radical (unpaired) electrons. The Bertz CT molecular complexity index is 488. The first-order valence-electron chi connectivity index (χ1n) is 10.5. The van der Waals surface area contributed by atoms with Crippen LogP contribution in [-0.2, 0) is 19.6 Å². The van der Waals surface area contributed by atoms with E-state index in [1.165, 1.54) is 97.4 Å². The lowest BCUT2D eigenvalue weighted by atomic mass is 9.99. The highest BCUT2D eigenvalue weighted by atomic mass is 15.2. The molecule has 3 fully saturated rings. The van der Waals surface area contributed by atoms with Crippen molar-refractivity contribution in [2.24, 2.45) is 0 Å². The Hall–Kier alpha value is -0.900. The van der Waals surface area contributed by atoms with Gasteiger partial charge in [-0.25, -0.2) is 0 Å². The van der Waals surface area contributed by atoms with Gasteiger partial charge in [0.1, 0.15) is 19.6 Å². The van der Waals surface area contributed by atoms with Crippen LogP contribution >= 0.6 is 0 Å². The molecule has 4 rings (SSSR count). The minimum absolute atomic E-state index is 1.27. The van der Waals surface area contributed by atoms with Crippen LogP contribution in [0.2, 0.25) is 0 Å². The van der Waals surface area contributed by atoms with Crippen LogP contribution in [0.15, 0.2) is 18.2 Å². The molecule has 3 heterocycles. The third kappa shape index (κ3) is 4.01. The van der Waals surface area contributed by atoms with Crippen molar-refractivity contribution in [2.45, 2.75) is 58.2 Å². The molecule has 132 valence electrons. The topological polar surface area (TPSA) is 13.3 Å². The van der Waals surface area contributed by atoms with Crippen LogP contribution in [0.5, 0.6) is 0 Å². The van der Waals surface area contributed by atoms with Crippen LogP contribution in [0.25, 0.3) is 0 Å². The molecule has 3 N–H and O–H groups in total. The van der Waals surface area contributed by atoms with Crippen molar-refractivity contribution in [3.8, 4) is 0 Å². The van der Waals surface area contributed by atoms with E-state index in [9.17, 15) is 0 Å². The van der Waals surface area contributed by atoms with E-state index in [-0.39, 0.29) is 0 Å². The zero-order chi connectivity index (χ0) is 16.2. The number of hydrogen-bond donors (Lipinski definition) is 3. The van der Waals surface area contributed by atoms with Gasteiger partial charge in [-0.1, -0.05) is 18.2 Å². The van der Waals surface area contributed by atoms with E-state index in [1.54, 1.807) is 16.7 Å². The number of hydrogen-bond acceptors (Lipinski definition) is 0. The van der Waals surface area contributed by atoms with Crippen molar-refractivity contribution in [3.05, 3.63) is 34.9 Å². The maximum atomic E-state index is 2.44. The molecule has 3 aliphatic heterocycles. The van der Waals surface area contributed by atoms with Crippen molar-refractivity contribution in [2.75, 3.05) is 39.3 Å². The summed E-state index contributed by atoms with van der Waals surface area (Å²) in [5, 5.41) is 0. The summed E-state index contributed by atoms with van der Waals surface area (Å²) in [7, 11) is 0. The summed E-state index contributed by atoms with van der Waals surface area (Å²) >= 11 is 0. The number of quaternary nitrogens is 3. The summed E-state index contributed by atoms with van der Waals surface area (Å²) in [5.41, 5.74) is 5.07. The standard InChI is InChI=1S/C21H33N3/c1-2-11-22(10-1)16-19-8-7-9-20(17-23-12-3-4-13-23)21(19)18-24-14-5-6-15-24/h7-9H,1-6,10-18H2/p+3. The Morgan fingerprint density at radius 2 is 0.917 bits per heavy atom. The molecule has 0 spiro atoms. The van der Waals surface area contributed by atoms with Gasteiger partial charge in [-0.3, -0.25) is 0 Å². The van der Waals surface area contributed by atoms with E-state index in [0.717, 1.165) is 0 Å². The molecule has 0 unspecified atom stereocenters. The van der Waals surface area contributed by atoms with Gasteiger partial charge in [0.25, 0.3) is 0 Å². The van der Waals surface area contributed by atoms with E-state index in [1.807, 2.05) is 14.7 Å². The molecule has 1 aromatic rings. The van der Waals surface area contributed by atoms with Crippen molar-refractivity contribution in [3.63, 3.8) is 0 Å². The average Bonchev–Trinajstić information content (AvgIpc) is 3.34. The van der Waals surface area contributed by atoms with Crippen molar-refractivity contribution in [1.82, 2.24) is 0 Å². The van der Waals surface area contributed by atoms with Gasteiger partial charge in [0.2, 0.25) is 0 Å². The predicted molar refractivity (Wildman–Crippen MR) is 97.3 cm³/mol. The molecule has 3 saturated heterocycles. The smallest absolute Gasteiger partial charge is 0.104 e. The van der Waals surface area contributed by atoms with E-state index in [2.05, 4.69) is 18.2 Å². The molecule has 0 aliphatic carbocycles. The molecule has 3 nitrogen and oxygen atoms in total. The van der Waals surface area contributed by atoms with Gasteiger partial charge in [-0.05, 0) is 0 Å². The normalized spacial score (nSPS) is 23.5. The van der Waals surface area contributed by atoms with Crippen molar-refractivity contribution < 1.29 is 14.7 Å². The second kappa shape index (κ2) is 7.99. The van der Waals surface area contributed by atoms with Gasteiger partial charge >= 0.3 is 0 Å². The first kappa shape index (κ1) is 16.6. The van der Waals surface area contributed by atoms with Gasteiger partial charge in [0.15, 0.2) is 0 Å². The quantitative estimate of drug-likeness (QED) is 0.606. The Kier molecular flexibility index (Phi) is 5.51. The first-order chi connectivity index (χ1) is 11.9. The second-order valence-electron chi connectivity index (χ2n) is 8.46. The molecule has 0 aromatic heterocycles. The maximum absolute atomic E-state index is 2.44. The molecule has 0 saturated carbocycles. The van der Waals surface area contributed by atoms with Crippen molar-refractivity contribution >= 4 is 0 Å². The number of likely N-dealkylation sites (tertiary alicyclic amines) is 3. The van der Waals surface area contributed by atoms with E-state index >= 15 is 0 Å². The number of rotatable bonds is 6. The first-order valence-corrected chi connectivity index (χ1v) is 10.5. The highest BCUT2D eigenvalue weighted by Gasteiger charge is 2.25. The van der Waals surface area contributed by atoms with E-state index < -0.39 is 0 Å². The Labute approximate surface area is 147 Å². The lowest BCUT2D eigenvalue weighted by molar-refractivity contribution is -0.907. The summed E-state index contributed by atoms with van der Waals surface area (Å²) < 4.78 is 0. The minimum Gasteiger partial charge on any atom is -0.331 e. The second-order valence-corrected chi connectivity index (χ2v) is 8.46. The Balaban J connectivity index is 1.55. The number of nitrogens with one attached hydrogen (secondary N) is 3. The fourth-order valence-corrected chi connectivity index (χ4v) is 5.19. The van der Waals surface area contributed by atoms with Crippen LogP contribution in [0.1, 0.15) is 55.2 Å². The average molecular weight is 331 g/mol. The van der Waals surface area contributed by atoms with Gasteiger partial charge < -0.3 is 14.7 Å². The van der Waals surface area contributed by atoms with Crippen LogP contribution in [0, 0.1) is 0 Å². The molecule has 1 aromatic carbocycles. The fraction of sp³-hybridized carbons (Fsp3) is 0.714. The third-order valence-corrected chi connectivity index (χ3v) is 6.61. The summed E-state index contributed by atoms with van der Waals surface area (Å²) in [6.07, 6.45) is 8.59. The van der Waals surface area contributed by atoms with Crippen LogP contribution in [0.3, 0.4) is 0 Å². The summed E-state index contributed by atoms with van der Waals surface area (Å²) in [6.45, 7) is 12.1. The van der Waals surface area contributed by atoms with Crippen LogP contribution < -0.4 is 14.7 Å². The zero-order valence-corrected chi connectivity index (χ0v) is 15.3. The lowest BCUT2D eigenvalue weighted by Gasteiger charge is -2.22. The molecule has 24 heavy (non-hydrogen) atoms. The predicted octanol–water partition coefficient (Wildman–Crippen LogP) is -0.777. The SMILES string of the molecule is c1cc(C[NH+]2CCCC2)c(C[NH+]2CCCC2)c(C[NH+]2CCCC2)c1. The maximum Gasteiger partial charge on any atom is 0.104 e.